The number of allylic oxidation sites excluding steroid dienone is 2. The lowest BCUT2D eigenvalue weighted by molar-refractivity contribution is -0.140. The minimum atomic E-state index is -0.191. The van der Waals surface area contributed by atoms with Gasteiger partial charge in [-0.3, -0.25) is 9.59 Å². The molecule has 3 fully saturated rings. The Labute approximate surface area is 146 Å². The third-order valence-corrected chi connectivity index (χ3v) is 6.15. The number of imide groups is 1. The summed E-state index contributed by atoms with van der Waals surface area (Å²) in [5, 5.41) is 5.35. The number of benzene rings is 1. The number of hydrogen-bond donors (Lipinski definition) is 0. The molecule has 0 aromatic heterocycles. The summed E-state index contributed by atoms with van der Waals surface area (Å²) in [5.74, 6) is 1.87. The van der Waals surface area contributed by atoms with Crippen LogP contribution in [0.4, 0.5) is 0 Å². The van der Waals surface area contributed by atoms with Crippen LogP contribution in [0.1, 0.15) is 18.9 Å². The topological polar surface area (TPSA) is 59.0 Å². The summed E-state index contributed by atoms with van der Waals surface area (Å²) in [5.41, 5.74) is 0.836. The average Bonchev–Trinajstić information content (AvgIpc) is 3.41. The van der Waals surface area contributed by atoms with Gasteiger partial charge in [0, 0.05) is 0 Å². The Hall–Kier alpha value is -2.43. The molecule has 2 saturated carbocycles. The van der Waals surface area contributed by atoms with E-state index in [0.29, 0.717) is 18.4 Å². The SMILES string of the molecule is CCOc1ccc(C=NN2C(=O)C3C4C=CC(C5CC45)C3C2=O)cc1. The van der Waals surface area contributed by atoms with Crippen LogP contribution in [0.3, 0.4) is 0 Å². The molecular weight excluding hydrogens is 316 g/mol. The molecule has 1 aromatic carbocycles. The standard InChI is InChI=1S/C20H20N2O3/c1-2-25-12-5-3-11(4-6-12)10-21-22-19(23)17-13-7-8-14(16-9-15(13)16)18(17)20(22)24/h3-8,10,13-18H,2,9H2,1H3. The molecule has 6 atom stereocenters. The van der Waals surface area contributed by atoms with E-state index in [0.717, 1.165) is 16.3 Å². The van der Waals surface area contributed by atoms with E-state index in [2.05, 4.69) is 17.3 Å². The molecule has 1 aliphatic heterocycles. The minimum Gasteiger partial charge on any atom is -0.494 e. The Morgan fingerprint density at radius 1 is 1.08 bits per heavy atom. The summed E-state index contributed by atoms with van der Waals surface area (Å²) in [6.45, 7) is 2.55. The predicted molar refractivity (Wildman–Crippen MR) is 91.8 cm³/mol. The second kappa shape index (κ2) is 5.28. The molecule has 5 nitrogen and oxygen atoms in total. The first kappa shape index (κ1) is 14.9. The van der Waals surface area contributed by atoms with Gasteiger partial charge < -0.3 is 4.74 Å². The third-order valence-electron chi connectivity index (χ3n) is 6.15. The van der Waals surface area contributed by atoms with Crippen molar-refractivity contribution >= 4 is 18.0 Å². The molecule has 6 unspecified atom stereocenters. The van der Waals surface area contributed by atoms with Crippen molar-refractivity contribution in [2.75, 3.05) is 6.61 Å². The zero-order valence-corrected chi connectivity index (χ0v) is 14.0. The van der Waals surface area contributed by atoms with Gasteiger partial charge in [-0.2, -0.15) is 10.1 Å². The molecule has 2 amide bonds. The highest BCUT2D eigenvalue weighted by Crippen LogP contribution is 2.65. The largest absolute Gasteiger partial charge is 0.494 e. The van der Waals surface area contributed by atoms with E-state index >= 15 is 0 Å². The normalized spacial score (nSPS) is 37.6. The number of carbonyl (C=O) groups is 2. The van der Waals surface area contributed by atoms with E-state index in [-0.39, 0.29) is 35.5 Å². The summed E-state index contributed by atoms with van der Waals surface area (Å²) >= 11 is 0. The Kier molecular flexibility index (Phi) is 3.14. The second-order valence-electron chi connectivity index (χ2n) is 7.39. The molecule has 0 spiro atoms. The van der Waals surface area contributed by atoms with Crippen molar-refractivity contribution < 1.29 is 14.3 Å². The number of hydrazone groups is 1. The number of nitrogens with zero attached hydrogens (tertiary/aromatic N) is 2. The summed E-state index contributed by atoms with van der Waals surface area (Å²) in [6.07, 6.45) is 7.10. The molecule has 128 valence electrons. The van der Waals surface area contributed by atoms with Crippen LogP contribution < -0.4 is 4.74 Å². The fourth-order valence-electron chi connectivity index (χ4n) is 5.00. The van der Waals surface area contributed by atoms with Crippen molar-refractivity contribution in [2.24, 2.45) is 40.6 Å². The van der Waals surface area contributed by atoms with Crippen molar-refractivity contribution in [3.63, 3.8) is 0 Å². The van der Waals surface area contributed by atoms with Gasteiger partial charge in [0.2, 0.25) is 0 Å². The number of amides is 2. The molecule has 5 heteroatoms. The average molecular weight is 336 g/mol. The molecule has 1 aromatic rings. The van der Waals surface area contributed by atoms with E-state index in [1.807, 2.05) is 31.2 Å². The van der Waals surface area contributed by atoms with Crippen LogP contribution in [0, 0.1) is 35.5 Å². The van der Waals surface area contributed by atoms with Gasteiger partial charge >= 0.3 is 0 Å². The lowest BCUT2D eigenvalue weighted by atomic mass is 9.63. The molecular formula is C20H20N2O3. The second-order valence-corrected chi connectivity index (χ2v) is 7.39. The minimum absolute atomic E-state index is 0.123. The van der Waals surface area contributed by atoms with Gasteiger partial charge in [0.1, 0.15) is 5.75 Å². The van der Waals surface area contributed by atoms with Gasteiger partial charge in [-0.25, -0.2) is 0 Å². The van der Waals surface area contributed by atoms with Crippen LogP contribution in [0.2, 0.25) is 0 Å². The van der Waals surface area contributed by atoms with Crippen molar-refractivity contribution in [1.29, 1.82) is 0 Å². The van der Waals surface area contributed by atoms with Crippen molar-refractivity contribution in [1.82, 2.24) is 5.01 Å². The van der Waals surface area contributed by atoms with Gasteiger partial charge in [0.15, 0.2) is 0 Å². The summed E-state index contributed by atoms with van der Waals surface area (Å²) < 4.78 is 5.41. The maximum Gasteiger partial charge on any atom is 0.254 e. The maximum absolute atomic E-state index is 12.8. The fraction of sp³-hybridized carbons (Fsp3) is 0.450. The first-order valence-corrected chi connectivity index (χ1v) is 9.02. The summed E-state index contributed by atoms with van der Waals surface area (Å²) in [4.78, 5) is 25.6. The summed E-state index contributed by atoms with van der Waals surface area (Å²) in [6, 6.07) is 7.45. The van der Waals surface area contributed by atoms with Crippen molar-refractivity contribution in [2.45, 2.75) is 13.3 Å². The van der Waals surface area contributed by atoms with Crippen molar-refractivity contribution in [3.05, 3.63) is 42.0 Å². The van der Waals surface area contributed by atoms with Crippen LogP contribution in [0.15, 0.2) is 41.5 Å². The van der Waals surface area contributed by atoms with E-state index in [1.165, 1.54) is 6.42 Å². The monoisotopic (exact) mass is 336 g/mol. The molecule has 2 bridgehead atoms. The molecule has 6 rings (SSSR count). The zero-order valence-electron chi connectivity index (χ0n) is 14.0. The quantitative estimate of drug-likeness (QED) is 0.482. The van der Waals surface area contributed by atoms with E-state index in [9.17, 15) is 9.59 Å². The van der Waals surface area contributed by atoms with Gasteiger partial charge in [0.25, 0.3) is 11.8 Å². The van der Waals surface area contributed by atoms with Gasteiger partial charge in [-0.15, -0.1) is 0 Å². The smallest absolute Gasteiger partial charge is 0.254 e. The van der Waals surface area contributed by atoms with Crippen LogP contribution >= 0.6 is 0 Å². The summed E-state index contributed by atoms with van der Waals surface area (Å²) in [7, 11) is 0. The highest BCUT2D eigenvalue weighted by molar-refractivity contribution is 6.06. The Morgan fingerprint density at radius 2 is 1.68 bits per heavy atom. The van der Waals surface area contributed by atoms with Crippen LogP contribution in [-0.2, 0) is 9.59 Å². The van der Waals surface area contributed by atoms with E-state index in [4.69, 9.17) is 4.74 Å². The fourth-order valence-corrected chi connectivity index (χ4v) is 5.00. The van der Waals surface area contributed by atoms with Gasteiger partial charge in [-0.05, 0) is 66.8 Å². The highest BCUT2D eigenvalue weighted by Gasteiger charge is 2.67. The number of ether oxygens (including phenoxy) is 1. The lowest BCUT2D eigenvalue weighted by Crippen LogP contribution is -2.40. The zero-order chi connectivity index (χ0) is 17.1. The molecule has 5 aliphatic rings. The Morgan fingerprint density at radius 3 is 2.24 bits per heavy atom. The molecule has 1 heterocycles. The van der Waals surface area contributed by atoms with E-state index < -0.39 is 0 Å². The number of hydrogen-bond acceptors (Lipinski definition) is 4. The van der Waals surface area contributed by atoms with Crippen LogP contribution in [0.5, 0.6) is 5.75 Å². The molecule has 0 N–H and O–H groups in total. The number of rotatable bonds is 4. The molecule has 25 heavy (non-hydrogen) atoms. The van der Waals surface area contributed by atoms with Crippen LogP contribution in [-0.4, -0.2) is 29.6 Å². The number of carbonyl (C=O) groups excluding carboxylic acids is 2. The molecule has 4 aliphatic carbocycles. The molecule has 1 saturated heterocycles. The van der Waals surface area contributed by atoms with Gasteiger partial charge in [-0.1, -0.05) is 12.2 Å². The van der Waals surface area contributed by atoms with Gasteiger partial charge in [0.05, 0.1) is 24.7 Å². The first-order valence-electron chi connectivity index (χ1n) is 9.02. The van der Waals surface area contributed by atoms with Crippen LogP contribution in [0.25, 0.3) is 0 Å². The molecule has 0 radical (unpaired) electrons. The van der Waals surface area contributed by atoms with E-state index in [1.54, 1.807) is 6.21 Å². The predicted octanol–water partition coefficient (Wildman–Crippen LogP) is 2.47. The first-order chi connectivity index (χ1) is 12.2. The Balaban J connectivity index is 1.37. The highest BCUT2D eigenvalue weighted by atomic mass is 16.5. The van der Waals surface area contributed by atoms with Crippen molar-refractivity contribution in [3.8, 4) is 5.75 Å². The Bertz CT molecular complexity index is 762. The maximum atomic E-state index is 12.8. The third kappa shape index (κ3) is 2.11. The lowest BCUT2D eigenvalue weighted by Gasteiger charge is -2.37.